The molecular formula is C10H12BrNS. The monoisotopic (exact) mass is 257 g/mol. The summed E-state index contributed by atoms with van der Waals surface area (Å²) < 4.78 is 1.01. The van der Waals surface area contributed by atoms with Crippen LogP contribution < -0.4 is 5.73 Å². The van der Waals surface area contributed by atoms with Crippen LogP contribution in [0.25, 0.3) is 0 Å². The summed E-state index contributed by atoms with van der Waals surface area (Å²) in [5.41, 5.74) is 7.69. The van der Waals surface area contributed by atoms with E-state index in [1.165, 1.54) is 4.90 Å². The number of nitrogens with two attached hydrogens (primary N) is 1. The Morgan fingerprint density at radius 2 is 2.31 bits per heavy atom. The minimum atomic E-state index is 0.849. The average molecular weight is 258 g/mol. The molecule has 0 bridgehead atoms. The lowest BCUT2D eigenvalue weighted by atomic mass is 10.2. The van der Waals surface area contributed by atoms with Crippen molar-refractivity contribution in [2.75, 3.05) is 11.5 Å². The average Bonchev–Trinajstić information content (AvgIpc) is 2.07. The molecule has 2 N–H and O–H groups in total. The number of halogens is 1. The SMILES string of the molecule is C=C(Br)CSc1ccc(N)c(C)c1. The van der Waals surface area contributed by atoms with Gasteiger partial charge in [-0.3, -0.25) is 0 Å². The number of thioether (sulfide) groups is 1. The van der Waals surface area contributed by atoms with Gasteiger partial charge in [-0.1, -0.05) is 22.5 Å². The predicted molar refractivity (Wildman–Crippen MR) is 64.4 cm³/mol. The van der Waals surface area contributed by atoms with Gasteiger partial charge >= 0.3 is 0 Å². The first-order valence-electron chi connectivity index (χ1n) is 3.92. The molecule has 1 aromatic rings. The molecule has 0 radical (unpaired) electrons. The molecule has 0 aliphatic rings. The van der Waals surface area contributed by atoms with Crippen molar-refractivity contribution < 1.29 is 0 Å². The fourth-order valence-corrected chi connectivity index (χ4v) is 1.99. The lowest BCUT2D eigenvalue weighted by Gasteiger charge is -2.03. The van der Waals surface area contributed by atoms with Gasteiger partial charge in [0.15, 0.2) is 0 Å². The first-order chi connectivity index (χ1) is 6.09. The normalized spacial score (nSPS) is 10.0. The Hall–Kier alpha value is -0.410. The summed E-state index contributed by atoms with van der Waals surface area (Å²) in [5, 5.41) is 0. The summed E-state index contributed by atoms with van der Waals surface area (Å²) >= 11 is 5.07. The fraction of sp³-hybridized carbons (Fsp3) is 0.200. The maximum atomic E-state index is 5.71. The Morgan fingerprint density at radius 3 is 2.85 bits per heavy atom. The minimum absolute atomic E-state index is 0.849. The van der Waals surface area contributed by atoms with Crippen molar-refractivity contribution in [3.63, 3.8) is 0 Å². The number of benzene rings is 1. The Kier molecular flexibility index (Phi) is 3.88. The van der Waals surface area contributed by atoms with E-state index in [2.05, 4.69) is 28.6 Å². The van der Waals surface area contributed by atoms with Crippen molar-refractivity contribution >= 4 is 33.4 Å². The second-order valence-electron chi connectivity index (χ2n) is 2.82. The number of anilines is 1. The van der Waals surface area contributed by atoms with Crippen molar-refractivity contribution in [2.45, 2.75) is 11.8 Å². The largest absolute Gasteiger partial charge is 0.399 e. The van der Waals surface area contributed by atoms with Crippen LogP contribution in [-0.2, 0) is 0 Å². The van der Waals surface area contributed by atoms with Gasteiger partial charge in [0.25, 0.3) is 0 Å². The molecule has 3 heteroatoms. The Bertz CT molecular complexity index is 323. The van der Waals surface area contributed by atoms with Crippen molar-refractivity contribution in [2.24, 2.45) is 0 Å². The van der Waals surface area contributed by atoms with Gasteiger partial charge in [-0.25, -0.2) is 0 Å². The smallest absolute Gasteiger partial charge is 0.0344 e. The highest BCUT2D eigenvalue weighted by Crippen LogP contribution is 2.24. The van der Waals surface area contributed by atoms with Gasteiger partial charge in [0.1, 0.15) is 0 Å². The molecule has 70 valence electrons. The van der Waals surface area contributed by atoms with Crippen LogP contribution in [0.1, 0.15) is 5.56 Å². The van der Waals surface area contributed by atoms with E-state index in [1.54, 1.807) is 11.8 Å². The van der Waals surface area contributed by atoms with Crippen LogP contribution >= 0.6 is 27.7 Å². The molecule has 0 aliphatic carbocycles. The molecule has 13 heavy (non-hydrogen) atoms. The summed E-state index contributed by atoms with van der Waals surface area (Å²) in [6.07, 6.45) is 0. The van der Waals surface area contributed by atoms with E-state index in [9.17, 15) is 0 Å². The molecule has 0 aromatic heterocycles. The molecule has 0 saturated carbocycles. The maximum Gasteiger partial charge on any atom is 0.0344 e. The first kappa shape index (κ1) is 10.7. The molecular weight excluding hydrogens is 246 g/mol. The first-order valence-corrected chi connectivity index (χ1v) is 5.69. The van der Waals surface area contributed by atoms with E-state index in [0.717, 1.165) is 21.5 Å². The second kappa shape index (κ2) is 4.72. The van der Waals surface area contributed by atoms with Gasteiger partial charge in [-0.05, 0) is 35.2 Å². The summed E-state index contributed by atoms with van der Waals surface area (Å²) in [6, 6.07) is 6.06. The predicted octanol–water partition coefficient (Wildman–Crippen LogP) is 3.58. The van der Waals surface area contributed by atoms with Gasteiger partial charge in [0.05, 0.1) is 0 Å². The highest BCUT2D eigenvalue weighted by atomic mass is 79.9. The summed E-state index contributed by atoms with van der Waals surface area (Å²) in [6.45, 7) is 5.80. The van der Waals surface area contributed by atoms with E-state index < -0.39 is 0 Å². The third-order valence-corrected chi connectivity index (χ3v) is 3.37. The van der Waals surface area contributed by atoms with E-state index in [0.29, 0.717) is 0 Å². The summed E-state index contributed by atoms with van der Waals surface area (Å²) in [7, 11) is 0. The van der Waals surface area contributed by atoms with Crippen molar-refractivity contribution in [1.29, 1.82) is 0 Å². The van der Waals surface area contributed by atoms with Crippen LogP contribution in [-0.4, -0.2) is 5.75 Å². The quantitative estimate of drug-likeness (QED) is 0.662. The zero-order valence-corrected chi connectivity index (χ0v) is 9.91. The number of hydrogen-bond donors (Lipinski definition) is 1. The lowest BCUT2D eigenvalue weighted by molar-refractivity contribution is 1.36. The Balaban J connectivity index is 2.68. The van der Waals surface area contributed by atoms with Crippen LogP contribution in [0.3, 0.4) is 0 Å². The third kappa shape index (κ3) is 3.44. The minimum Gasteiger partial charge on any atom is -0.399 e. The van der Waals surface area contributed by atoms with E-state index in [1.807, 2.05) is 19.1 Å². The Labute approximate surface area is 91.5 Å². The van der Waals surface area contributed by atoms with E-state index in [4.69, 9.17) is 5.73 Å². The number of rotatable bonds is 3. The molecule has 0 heterocycles. The van der Waals surface area contributed by atoms with Crippen molar-refractivity contribution in [1.82, 2.24) is 0 Å². The molecule has 0 fully saturated rings. The van der Waals surface area contributed by atoms with E-state index >= 15 is 0 Å². The third-order valence-electron chi connectivity index (χ3n) is 1.64. The highest BCUT2D eigenvalue weighted by Gasteiger charge is 1.97. The van der Waals surface area contributed by atoms with Crippen molar-refractivity contribution in [3.8, 4) is 0 Å². The maximum absolute atomic E-state index is 5.71. The van der Waals surface area contributed by atoms with Gasteiger partial charge < -0.3 is 5.73 Å². The van der Waals surface area contributed by atoms with Gasteiger partial charge in [0.2, 0.25) is 0 Å². The molecule has 0 spiro atoms. The number of nitrogen functional groups attached to an aromatic ring is 1. The Morgan fingerprint density at radius 1 is 1.62 bits per heavy atom. The molecule has 0 unspecified atom stereocenters. The highest BCUT2D eigenvalue weighted by molar-refractivity contribution is 9.11. The van der Waals surface area contributed by atoms with Crippen LogP contribution in [0.4, 0.5) is 5.69 Å². The van der Waals surface area contributed by atoms with Crippen LogP contribution in [0.2, 0.25) is 0 Å². The molecule has 1 nitrogen and oxygen atoms in total. The van der Waals surface area contributed by atoms with Gasteiger partial charge in [-0.15, -0.1) is 11.8 Å². The molecule has 0 saturated heterocycles. The standard InChI is InChI=1S/C10H12BrNS/c1-7-5-9(3-4-10(7)12)13-6-8(2)11/h3-5H,2,6,12H2,1H3. The van der Waals surface area contributed by atoms with Crippen LogP contribution in [0.15, 0.2) is 34.2 Å². The van der Waals surface area contributed by atoms with Crippen LogP contribution in [0, 0.1) is 6.92 Å². The summed E-state index contributed by atoms with van der Waals surface area (Å²) in [4.78, 5) is 1.23. The number of hydrogen-bond acceptors (Lipinski definition) is 2. The van der Waals surface area contributed by atoms with Gasteiger partial charge in [0, 0.05) is 16.3 Å². The zero-order chi connectivity index (χ0) is 9.84. The molecule has 1 aromatic carbocycles. The topological polar surface area (TPSA) is 26.0 Å². The summed E-state index contributed by atoms with van der Waals surface area (Å²) in [5.74, 6) is 0.892. The van der Waals surface area contributed by atoms with Crippen LogP contribution in [0.5, 0.6) is 0 Å². The van der Waals surface area contributed by atoms with E-state index in [-0.39, 0.29) is 0 Å². The molecule has 0 aliphatic heterocycles. The molecule has 0 amide bonds. The number of aryl methyl sites for hydroxylation is 1. The molecule has 1 rings (SSSR count). The van der Waals surface area contributed by atoms with Crippen molar-refractivity contribution in [3.05, 3.63) is 34.8 Å². The lowest BCUT2D eigenvalue weighted by Crippen LogP contribution is -1.88. The van der Waals surface area contributed by atoms with Gasteiger partial charge in [-0.2, -0.15) is 0 Å². The molecule has 0 atom stereocenters. The zero-order valence-electron chi connectivity index (χ0n) is 7.51. The second-order valence-corrected chi connectivity index (χ2v) is 4.99. The fourth-order valence-electron chi connectivity index (χ4n) is 0.900.